The van der Waals surface area contributed by atoms with E-state index in [0.717, 1.165) is 38.5 Å². The maximum atomic E-state index is 12.3. The Kier molecular flexibility index (Phi) is 3.56. The fraction of sp³-hybridized carbons (Fsp3) is 0.562. The van der Waals surface area contributed by atoms with Gasteiger partial charge in [-0.1, -0.05) is 30.7 Å². The molecule has 0 bridgehead atoms. The SMILES string of the molecule is NC1CCCC(C(=O)NC2Cc3ccccc3C2)C1. The molecule has 0 aromatic heterocycles. The van der Waals surface area contributed by atoms with Gasteiger partial charge < -0.3 is 11.1 Å². The highest BCUT2D eigenvalue weighted by molar-refractivity contribution is 5.79. The number of amides is 1. The van der Waals surface area contributed by atoms with Gasteiger partial charge in [0, 0.05) is 18.0 Å². The maximum absolute atomic E-state index is 12.3. The molecule has 2 aliphatic carbocycles. The number of hydrogen-bond acceptors (Lipinski definition) is 2. The van der Waals surface area contributed by atoms with Gasteiger partial charge in [0.15, 0.2) is 0 Å². The number of hydrogen-bond donors (Lipinski definition) is 2. The van der Waals surface area contributed by atoms with Crippen molar-refractivity contribution in [3.63, 3.8) is 0 Å². The van der Waals surface area contributed by atoms with Crippen molar-refractivity contribution in [3.05, 3.63) is 35.4 Å². The summed E-state index contributed by atoms with van der Waals surface area (Å²) in [5.74, 6) is 0.348. The third-order valence-corrected chi connectivity index (χ3v) is 4.48. The topological polar surface area (TPSA) is 55.1 Å². The van der Waals surface area contributed by atoms with Crippen molar-refractivity contribution in [2.24, 2.45) is 11.7 Å². The fourth-order valence-corrected chi connectivity index (χ4v) is 3.45. The molecule has 0 aliphatic heterocycles. The normalized spacial score (nSPS) is 27.0. The Bertz CT molecular complexity index is 447. The summed E-state index contributed by atoms with van der Waals surface area (Å²) in [6, 6.07) is 8.97. The lowest BCUT2D eigenvalue weighted by Crippen LogP contribution is -2.42. The number of carbonyl (C=O) groups is 1. The van der Waals surface area contributed by atoms with E-state index < -0.39 is 0 Å². The fourth-order valence-electron chi connectivity index (χ4n) is 3.45. The van der Waals surface area contributed by atoms with Crippen LogP contribution in [0.3, 0.4) is 0 Å². The minimum atomic E-state index is 0.132. The van der Waals surface area contributed by atoms with Crippen molar-refractivity contribution < 1.29 is 4.79 Å². The Morgan fingerprint density at radius 3 is 2.47 bits per heavy atom. The molecule has 1 aromatic carbocycles. The first-order valence-corrected chi connectivity index (χ1v) is 7.35. The van der Waals surface area contributed by atoms with Gasteiger partial charge in [-0.2, -0.15) is 0 Å². The molecule has 0 spiro atoms. The summed E-state index contributed by atoms with van der Waals surface area (Å²) in [4.78, 5) is 12.3. The van der Waals surface area contributed by atoms with E-state index >= 15 is 0 Å². The van der Waals surface area contributed by atoms with Gasteiger partial charge in [-0.25, -0.2) is 0 Å². The summed E-state index contributed by atoms with van der Waals surface area (Å²) in [6.07, 6.45) is 5.95. The van der Waals surface area contributed by atoms with E-state index in [4.69, 9.17) is 5.73 Å². The Morgan fingerprint density at radius 2 is 1.84 bits per heavy atom. The van der Waals surface area contributed by atoms with E-state index in [-0.39, 0.29) is 23.9 Å². The molecule has 3 N–H and O–H groups in total. The smallest absolute Gasteiger partial charge is 0.223 e. The molecule has 19 heavy (non-hydrogen) atoms. The van der Waals surface area contributed by atoms with Crippen molar-refractivity contribution in [3.8, 4) is 0 Å². The van der Waals surface area contributed by atoms with Crippen LogP contribution in [0, 0.1) is 5.92 Å². The highest BCUT2D eigenvalue weighted by Crippen LogP contribution is 2.25. The van der Waals surface area contributed by atoms with E-state index in [1.807, 2.05) is 0 Å². The summed E-state index contributed by atoms with van der Waals surface area (Å²) >= 11 is 0. The second kappa shape index (κ2) is 5.33. The van der Waals surface area contributed by atoms with Gasteiger partial charge in [0.1, 0.15) is 0 Å². The summed E-state index contributed by atoms with van der Waals surface area (Å²) in [6.45, 7) is 0. The lowest BCUT2D eigenvalue weighted by molar-refractivity contribution is -0.126. The molecule has 0 heterocycles. The molecule has 3 nitrogen and oxygen atoms in total. The third-order valence-electron chi connectivity index (χ3n) is 4.48. The van der Waals surface area contributed by atoms with Crippen LogP contribution in [0.1, 0.15) is 36.8 Å². The van der Waals surface area contributed by atoms with Gasteiger partial charge >= 0.3 is 0 Å². The molecule has 3 heteroatoms. The molecule has 1 aromatic rings. The van der Waals surface area contributed by atoms with Gasteiger partial charge in [0.25, 0.3) is 0 Å². The zero-order valence-electron chi connectivity index (χ0n) is 11.3. The molecule has 0 saturated heterocycles. The van der Waals surface area contributed by atoms with Crippen LogP contribution in [-0.2, 0) is 17.6 Å². The molecule has 1 fully saturated rings. The number of carbonyl (C=O) groups excluding carboxylic acids is 1. The van der Waals surface area contributed by atoms with E-state index in [1.54, 1.807) is 0 Å². The predicted molar refractivity (Wildman–Crippen MR) is 75.7 cm³/mol. The van der Waals surface area contributed by atoms with Crippen molar-refractivity contribution in [1.82, 2.24) is 5.32 Å². The second-order valence-corrected chi connectivity index (χ2v) is 6.01. The first-order valence-electron chi connectivity index (χ1n) is 7.35. The van der Waals surface area contributed by atoms with Crippen LogP contribution in [-0.4, -0.2) is 18.0 Å². The largest absolute Gasteiger partial charge is 0.352 e. The summed E-state index contributed by atoms with van der Waals surface area (Å²) in [5.41, 5.74) is 8.73. The molecular weight excluding hydrogens is 236 g/mol. The molecule has 2 atom stereocenters. The maximum Gasteiger partial charge on any atom is 0.223 e. The van der Waals surface area contributed by atoms with Crippen LogP contribution in [0.15, 0.2) is 24.3 Å². The van der Waals surface area contributed by atoms with Crippen LogP contribution in [0.5, 0.6) is 0 Å². The monoisotopic (exact) mass is 258 g/mol. The number of benzene rings is 1. The Morgan fingerprint density at radius 1 is 1.16 bits per heavy atom. The zero-order valence-corrected chi connectivity index (χ0v) is 11.3. The Hall–Kier alpha value is -1.35. The average molecular weight is 258 g/mol. The lowest BCUT2D eigenvalue weighted by Gasteiger charge is -2.26. The van der Waals surface area contributed by atoms with E-state index in [9.17, 15) is 4.79 Å². The molecule has 1 amide bonds. The number of nitrogens with two attached hydrogens (primary N) is 1. The van der Waals surface area contributed by atoms with E-state index in [2.05, 4.69) is 29.6 Å². The minimum Gasteiger partial charge on any atom is -0.352 e. The second-order valence-electron chi connectivity index (χ2n) is 6.01. The number of fused-ring (bicyclic) bond motifs is 1. The number of rotatable bonds is 2. The summed E-state index contributed by atoms with van der Waals surface area (Å²) in [7, 11) is 0. The van der Waals surface area contributed by atoms with Crippen LogP contribution in [0.4, 0.5) is 0 Å². The van der Waals surface area contributed by atoms with Gasteiger partial charge in [0.05, 0.1) is 0 Å². The standard InChI is InChI=1S/C16H22N2O/c17-14-7-3-6-13(8-14)16(19)18-15-9-11-4-1-2-5-12(11)10-15/h1-2,4-5,13-15H,3,6-10,17H2,(H,18,19). The average Bonchev–Trinajstić information content (AvgIpc) is 2.80. The van der Waals surface area contributed by atoms with Crippen molar-refractivity contribution >= 4 is 5.91 Å². The van der Waals surface area contributed by atoms with Gasteiger partial charge in [-0.3, -0.25) is 4.79 Å². The zero-order chi connectivity index (χ0) is 13.2. The van der Waals surface area contributed by atoms with Crippen LogP contribution in [0.2, 0.25) is 0 Å². The lowest BCUT2D eigenvalue weighted by atomic mass is 9.85. The van der Waals surface area contributed by atoms with Crippen LogP contribution in [0.25, 0.3) is 0 Å². The number of nitrogens with one attached hydrogen (secondary N) is 1. The molecule has 1 saturated carbocycles. The first-order chi connectivity index (χ1) is 9.22. The van der Waals surface area contributed by atoms with Crippen molar-refractivity contribution in [1.29, 1.82) is 0 Å². The molecule has 102 valence electrons. The van der Waals surface area contributed by atoms with Gasteiger partial charge in [-0.15, -0.1) is 0 Å². The molecule has 2 aliphatic rings. The summed E-state index contributed by atoms with van der Waals surface area (Å²) < 4.78 is 0. The predicted octanol–water partition coefficient (Wildman–Crippen LogP) is 1.79. The highest BCUT2D eigenvalue weighted by Gasteiger charge is 2.28. The molecule has 0 radical (unpaired) electrons. The van der Waals surface area contributed by atoms with Gasteiger partial charge in [0.2, 0.25) is 5.91 Å². The van der Waals surface area contributed by atoms with E-state index in [1.165, 1.54) is 11.1 Å². The third kappa shape index (κ3) is 2.81. The quantitative estimate of drug-likeness (QED) is 0.849. The molecular formula is C16H22N2O. The van der Waals surface area contributed by atoms with E-state index in [0.29, 0.717) is 0 Å². The van der Waals surface area contributed by atoms with Crippen molar-refractivity contribution in [2.45, 2.75) is 50.6 Å². The highest BCUT2D eigenvalue weighted by atomic mass is 16.1. The Balaban J connectivity index is 1.57. The van der Waals surface area contributed by atoms with Gasteiger partial charge in [-0.05, 0) is 43.2 Å². The van der Waals surface area contributed by atoms with Crippen LogP contribution < -0.4 is 11.1 Å². The molecule has 3 rings (SSSR count). The first kappa shape index (κ1) is 12.7. The molecule has 2 unspecified atom stereocenters. The van der Waals surface area contributed by atoms with Crippen molar-refractivity contribution in [2.75, 3.05) is 0 Å². The Labute approximate surface area is 114 Å². The minimum absolute atomic E-state index is 0.132. The summed E-state index contributed by atoms with van der Waals surface area (Å²) in [5, 5.41) is 3.22. The van der Waals surface area contributed by atoms with Crippen LogP contribution >= 0.6 is 0 Å².